The molecule has 0 heterocycles. The van der Waals surface area contributed by atoms with Gasteiger partial charge in [0.25, 0.3) is 0 Å². The van der Waals surface area contributed by atoms with Gasteiger partial charge in [0.2, 0.25) is 0 Å². The van der Waals surface area contributed by atoms with Crippen LogP contribution in [0.25, 0.3) is 0 Å². The first-order chi connectivity index (χ1) is 13.3. The quantitative estimate of drug-likeness (QED) is 0.400. The first-order valence-electron chi connectivity index (χ1n) is 12.9. The predicted octanol–water partition coefficient (Wildman–Crippen LogP) is 8.72. The van der Waals surface area contributed by atoms with E-state index in [1.54, 1.807) is 0 Å². The van der Waals surface area contributed by atoms with Crippen molar-refractivity contribution < 1.29 is 0 Å². The van der Waals surface area contributed by atoms with E-state index in [0.717, 1.165) is 41.4 Å². The Morgan fingerprint density at radius 2 is 1.54 bits per heavy atom. The number of halogens is 1. The first-order valence-corrected chi connectivity index (χ1v) is 13.3. The van der Waals surface area contributed by atoms with Crippen LogP contribution in [-0.4, -0.2) is 5.38 Å². The lowest BCUT2D eigenvalue weighted by Crippen LogP contribution is -2.53. The van der Waals surface area contributed by atoms with Crippen LogP contribution in [0.2, 0.25) is 0 Å². The highest BCUT2D eigenvalue weighted by molar-refractivity contribution is 6.20. The summed E-state index contributed by atoms with van der Waals surface area (Å²) in [5.74, 6) is 6.77. The highest BCUT2D eigenvalue weighted by Gasteiger charge is 2.60. The lowest BCUT2D eigenvalue weighted by molar-refractivity contribution is -0.113. The van der Waals surface area contributed by atoms with Crippen molar-refractivity contribution in [2.45, 2.75) is 117 Å². The van der Waals surface area contributed by atoms with Gasteiger partial charge < -0.3 is 0 Å². The Hall–Kier alpha value is 0.290. The summed E-state index contributed by atoms with van der Waals surface area (Å²) in [4.78, 5) is 0. The Morgan fingerprint density at radius 1 is 0.821 bits per heavy atom. The van der Waals surface area contributed by atoms with Crippen LogP contribution in [0.3, 0.4) is 0 Å². The third-order valence-corrected chi connectivity index (χ3v) is 11.2. The summed E-state index contributed by atoms with van der Waals surface area (Å²) in [7, 11) is 0. The molecule has 28 heavy (non-hydrogen) atoms. The van der Waals surface area contributed by atoms with E-state index in [-0.39, 0.29) is 0 Å². The lowest BCUT2D eigenvalue weighted by Gasteiger charge is -2.61. The summed E-state index contributed by atoms with van der Waals surface area (Å²) >= 11 is 6.60. The van der Waals surface area contributed by atoms with Crippen molar-refractivity contribution in [1.29, 1.82) is 0 Å². The van der Waals surface area contributed by atoms with Crippen LogP contribution in [0.5, 0.6) is 0 Å². The van der Waals surface area contributed by atoms with Crippen LogP contribution in [0, 0.1) is 52.3 Å². The van der Waals surface area contributed by atoms with Crippen molar-refractivity contribution in [3.63, 3.8) is 0 Å². The van der Waals surface area contributed by atoms with Gasteiger partial charge in [0, 0.05) is 5.38 Å². The molecular weight excluding hydrogens is 360 g/mol. The largest absolute Gasteiger partial charge is 0.123 e. The Kier molecular flexibility index (Phi) is 6.22. The molecule has 162 valence electrons. The molecule has 0 spiro atoms. The third-order valence-electron chi connectivity index (χ3n) is 10.8. The van der Waals surface area contributed by atoms with E-state index in [4.69, 9.17) is 11.6 Å². The lowest BCUT2D eigenvalue weighted by atomic mass is 9.44. The van der Waals surface area contributed by atoms with Crippen molar-refractivity contribution >= 4 is 11.6 Å². The fraction of sp³-hybridized carbons (Fsp3) is 1.00. The number of fused-ring (bicyclic) bond motifs is 5. The predicted molar refractivity (Wildman–Crippen MR) is 123 cm³/mol. The summed E-state index contributed by atoms with van der Waals surface area (Å²) in [5.41, 5.74) is 1.25. The number of rotatable bonds is 5. The van der Waals surface area contributed by atoms with Crippen LogP contribution in [-0.2, 0) is 0 Å². The molecule has 0 aromatic heterocycles. The van der Waals surface area contributed by atoms with E-state index in [2.05, 4.69) is 34.6 Å². The molecule has 0 nitrogen and oxygen atoms in total. The molecule has 0 amide bonds. The van der Waals surface area contributed by atoms with Crippen molar-refractivity contribution in [2.24, 2.45) is 52.3 Å². The van der Waals surface area contributed by atoms with E-state index in [0.29, 0.717) is 16.2 Å². The minimum Gasteiger partial charge on any atom is -0.123 e. The standard InChI is InChI=1S/C27H47Cl/c1-18(2)7-6-8-19(3)23-11-12-24-22-10-9-20-17-21(28)13-15-26(20,4)25(22)14-16-27(23,24)5/h18-25H,6-17H2,1-5H3/t19-,20+,21?,22+,23-,24+,25+,26+,27-/m1/s1. The minimum atomic E-state index is 0.464. The second-order valence-corrected chi connectivity index (χ2v) is 13.2. The Morgan fingerprint density at radius 3 is 2.29 bits per heavy atom. The summed E-state index contributed by atoms with van der Waals surface area (Å²) in [5, 5.41) is 0.464. The molecule has 4 saturated carbocycles. The maximum Gasteiger partial charge on any atom is 0.0339 e. The zero-order chi connectivity index (χ0) is 20.1. The second-order valence-electron chi connectivity index (χ2n) is 12.6. The Bertz CT molecular complexity index is 540. The molecule has 9 atom stereocenters. The molecule has 0 bridgehead atoms. The molecule has 0 aliphatic heterocycles. The average molecular weight is 407 g/mol. The van der Waals surface area contributed by atoms with E-state index in [1.165, 1.54) is 77.0 Å². The fourth-order valence-electron chi connectivity index (χ4n) is 9.23. The van der Waals surface area contributed by atoms with Crippen molar-refractivity contribution in [3.8, 4) is 0 Å². The van der Waals surface area contributed by atoms with E-state index < -0.39 is 0 Å². The van der Waals surface area contributed by atoms with Crippen LogP contribution < -0.4 is 0 Å². The Balaban J connectivity index is 1.46. The molecule has 1 unspecified atom stereocenters. The van der Waals surface area contributed by atoms with Crippen LogP contribution in [0.1, 0.15) is 112 Å². The number of alkyl halides is 1. The van der Waals surface area contributed by atoms with Crippen molar-refractivity contribution in [3.05, 3.63) is 0 Å². The maximum atomic E-state index is 6.60. The van der Waals surface area contributed by atoms with Gasteiger partial charge in [-0.05, 0) is 110 Å². The summed E-state index contributed by atoms with van der Waals surface area (Å²) < 4.78 is 0. The second kappa shape index (κ2) is 8.09. The van der Waals surface area contributed by atoms with Gasteiger partial charge in [-0.2, -0.15) is 0 Å². The highest BCUT2D eigenvalue weighted by Crippen LogP contribution is 2.68. The minimum absolute atomic E-state index is 0.464. The molecular formula is C27H47Cl. The third kappa shape index (κ3) is 3.61. The molecule has 0 N–H and O–H groups in total. The van der Waals surface area contributed by atoms with E-state index in [1.807, 2.05) is 0 Å². The molecule has 0 aromatic rings. The van der Waals surface area contributed by atoms with Crippen molar-refractivity contribution in [2.75, 3.05) is 0 Å². The summed E-state index contributed by atoms with van der Waals surface area (Å²) in [6, 6.07) is 0. The van der Waals surface area contributed by atoms with Gasteiger partial charge in [0.1, 0.15) is 0 Å². The fourth-order valence-corrected chi connectivity index (χ4v) is 9.55. The topological polar surface area (TPSA) is 0 Å². The smallest absolute Gasteiger partial charge is 0.0339 e. The SMILES string of the molecule is CC(C)CCC[C@@H](C)[C@H]1CC[C@H]2[C@@H]3CC[C@H]4CC(Cl)CC[C@]4(C)[C@H]3CC[C@]12C. The van der Waals surface area contributed by atoms with Gasteiger partial charge in [-0.1, -0.05) is 53.9 Å². The van der Waals surface area contributed by atoms with Crippen LogP contribution in [0.15, 0.2) is 0 Å². The number of hydrogen-bond acceptors (Lipinski definition) is 0. The molecule has 0 aromatic carbocycles. The van der Waals surface area contributed by atoms with Crippen molar-refractivity contribution in [1.82, 2.24) is 0 Å². The van der Waals surface area contributed by atoms with Crippen LogP contribution in [0.4, 0.5) is 0 Å². The van der Waals surface area contributed by atoms with Gasteiger partial charge in [0.05, 0.1) is 0 Å². The molecule has 4 aliphatic carbocycles. The van der Waals surface area contributed by atoms with E-state index in [9.17, 15) is 0 Å². The average Bonchev–Trinajstić information content (AvgIpc) is 2.99. The molecule has 4 rings (SSSR count). The van der Waals surface area contributed by atoms with Gasteiger partial charge in [-0.25, -0.2) is 0 Å². The van der Waals surface area contributed by atoms with Gasteiger partial charge in [-0.15, -0.1) is 11.6 Å². The monoisotopic (exact) mass is 406 g/mol. The zero-order valence-corrected chi connectivity index (χ0v) is 20.2. The maximum absolute atomic E-state index is 6.60. The van der Waals surface area contributed by atoms with Gasteiger partial charge in [0.15, 0.2) is 0 Å². The summed E-state index contributed by atoms with van der Waals surface area (Å²) in [6.07, 6.45) is 17.4. The first kappa shape index (κ1) is 21.5. The normalized spacial score (nSPS) is 49.4. The summed E-state index contributed by atoms with van der Waals surface area (Å²) in [6.45, 7) is 12.8. The van der Waals surface area contributed by atoms with E-state index >= 15 is 0 Å². The molecule has 0 radical (unpaired) electrons. The Labute approximate surface area is 181 Å². The number of hydrogen-bond donors (Lipinski definition) is 0. The van der Waals surface area contributed by atoms with Gasteiger partial charge >= 0.3 is 0 Å². The van der Waals surface area contributed by atoms with Gasteiger partial charge in [-0.3, -0.25) is 0 Å². The zero-order valence-electron chi connectivity index (χ0n) is 19.5. The molecule has 4 fully saturated rings. The molecule has 0 saturated heterocycles. The van der Waals surface area contributed by atoms with Crippen LogP contribution >= 0.6 is 11.6 Å². The highest BCUT2D eigenvalue weighted by atomic mass is 35.5. The molecule has 4 aliphatic rings. The molecule has 1 heteroatoms.